The van der Waals surface area contributed by atoms with Gasteiger partial charge in [0.2, 0.25) is 11.8 Å². The average Bonchev–Trinajstić information content (AvgIpc) is 2.68. The van der Waals surface area contributed by atoms with E-state index in [0.29, 0.717) is 17.7 Å². The minimum atomic E-state index is -1.40. The lowest BCUT2D eigenvalue weighted by molar-refractivity contribution is -0.144. The Labute approximate surface area is 179 Å². The molecule has 170 valence electrons. The van der Waals surface area contributed by atoms with Crippen molar-refractivity contribution < 1.29 is 34.1 Å². The number of hydrogen-bond donors (Lipinski definition) is 6. The summed E-state index contributed by atoms with van der Waals surface area (Å²) >= 11 is 0. The van der Waals surface area contributed by atoms with E-state index in [-0.39, 0.29) is 18.9 Å². The van der Waals surface area contributed by atoms with E-state index in [0.717, 1.165) is 0 Å². The van der Waals surface area contributed by atoms with Gasteiger partial charge in [0.1, 0.15) is 23.7 Å². The minimum absolute atomic E-state index is 0.0263. The summed E-state index contributed by atoms with van der Waals surface area (Å²) in [6.45, 7) is 3.38. The number of carboxylic acids is 2. The lowest BCUT2D eigenvalue weighted by atomic mass is 10.0. The molecule has 11 nitrogen and oxygen atoms in total. The Balaban J connectivity index is 2.55. The van der Waals surface area contributed by atoms with Gasteiger partial charge in [-0.2, -0.15) is 0 Å². The van der Waals surface area contributed by atoms with Crippen molar-refractivity contribution in [3.63, 3.8) is 0 Å². The Morgan fingerprint density at radius 3 is 2.19 bits per heavy atom. The fourth-order valence-corrected chi connectivity index (χ4v) is 2.57. The molecule has 1 aromatic carbocycles. The van der Waals surface area contributed by atoms with Crippen LogP contribution in [0.1, 0.15) is 38.7 Å². The Morgan fingerprint density at radius 2 is 1.71 bits per heavy atom. The predicted molar refractivity (Wildman–Crippen MR) is 111 cm³/mol. The zero-order chi connectivity index (χ0) is 23.6. The van der Waals surface area contributed by atoms with Gasteiger partial charge in [-0.3, -0.25) is 19.8 Å². The van der Waals surface area contributed by atoms with Crippen LogP contribution in [-0.2, 0) is 19.2 Å². The van der Waals surface area contributed by atoms with Crippen molar-refractivity contribution >= 4 is 29.6 Å². The highest BCUT2D eigenvalue weighted by Gasteiger charge is 2.29. The molecule has 2 amide bonds. The first-order valence-corrected chi connectivity index (χ1v) is 9.62. The SMILES string of the molecule is CC(C)[C@@H](NC(=O)[C@H](CC(=O)O)NC(=O)CCCOc1ccc(C(=N)N)cc1)C(=O)O. The molecule has 0 heterocycles. The molecule has 0 fully saturated rings. The van der Waals surface area contributed by atoms with Gasteiger partial charge in [-0.15, -0.1) is 0 Å². The van der Waals surface area contributed by atoms with E-state index in [1.807, 2.05) is 0 Å². The number of aliphatic carboxylic acids is 2. The fraction of sp³-hybridized carbons (Fsp3) is 0.450. The van der Waals surface area contributed by atoms with E-state index in [1.165, 1.54) is 0 Å². The molecule has 1 aromatic rings. The lowest BCUT2D eigenvalue weighted by Crippen LogP contribution is -2.53. The topological polar surface area (TPSA) is 192 Å². The normalized spacial score (nSPS) is 12.5. The molecule has 0 bridgehead atoms. The molecule has 0 aliphatic carbocycles. The van der Waals surface area contributed by atoms with Crippen LogP contribution in [0.2, 0.25) is 0 Å². The number of ether oxygens (including phenoxy) is 1. The number of nitrogens with one attached hydrogen (secondary N) is 3. The molecule has 0 saturated carbocycles. The highest BCUT2D eigenvalue weighted by molar-refractivity contribution is 5.95. The summed E-state index contributed by atoms with van der Waals surface area (Å²) in [6, 6.07) is 3.92. The van der Waals surface area contributed by atoms with Crippen molar-refractivity contribution in [2.45, 2.75) is 45.2 Å². The van der Waals surface area contributed by atoms with Crippen LogP contribution in [-0.4, -0.2) is 58.5 Å². The second kappa shape index (κ2) is 12.2. The predicted octanol–water partition coefficient (Wildman–Crippen LogP) is 0.315. The van der Waals surface area contributed by atoms with Crippen LogP contribution in [0.3, 0.4) is 0 Å². The van der Waals surface area contributed by atoms with Crippen molar-refractivity contribution in [2.24, 2.45) is 11.7 Å². The average molecular weight is 436 g/mol. The van der Waals surface area contributed by atoms with Crippen molar-refractivity contribution in [3.8, 4) is 5.75 Å². The first-order valence-electron chi connectivity index (χ1n) is 9.62. The Hall–Kier alpha value is -3.63. The highest BCUT2D eigenvalue weighted by Crippen LogP contribution is 2.12. The molecule has 0 aliphatic heterocycles. The fourth-order valence-electron chi connectivity index (χ4n) is 2.57. The van der Waals surface area contributed by atoms with Gasteiger partial charge in [-0.05, 0) is 36.6 Å². The second-order valence-electron chi connectivity index (χ2n) is 7.18. The number of benzene rings is 1. The van der Waals surface area contributed by atoms with Crippen LogP contribution in [0.25, 0.3) is 0 Å². The zero-order valence-electron chi connectivity index (χ0n) is 17.4. The van der Waals surface area contributed by atoms with Crippen molar-refractivity contribution in [2.75, 3.05) is 6.61 Å². The molecule has 7 N–H and O–H groups in total. The number of nitrogen functional groups attached to an aromatic ring is 1. The summed E-state index contributed by atoms with van der Waals surface area (Å²) in [5.41, 5.74) is 5.92. The van der Waals surface area contributed by atoms with E-state index in [1.54, 1.807) is 38.1 Å². The molecule has 0 unspecified atom stereocenters. The van der Waals surface area contributed by atoms with Gasteiger partial charge in [-0.1, -0.05) is 13.8 Å². The number of carbonyl (C=O) groups excluding carboxylic acids is 2. The number of carbonyl (C=O) groups is 4. The number of amides is 2. The maximum absolute atomic E-state index is 12.3. The summed E-state index contributed by atoms with van der Waals surface area (Å²) < 4.78 is 5.48. The second-order valence-corrected chi connectivity index (χ2v) is 7.18. The highest BCUT2D eigenvalue weighted by atomic mass is 16.5. The van der Waals surface area contributed by atoms with Gasteiger partial charge < -0.3 is 31.3 Å². The molecule has 1 rings (SSSR count). The van der Waals surface area contributed by atoms with Crippen LogP contribution in [0.4, 0.5) is 0 Å². The van der Waals surface area contributed by atoms with Crippen molar-refractivity contribution in [1.29, 1.82) is 5.41 Å². The van der Waals surface area contributed by atoms with Crippen LogP contribution >= 0.6 is 0 Å². The molecular weight excluding hydrogens is 408 g/mol. The van der Waals surface area contributed by atoms with E-state index in [2.05, 4.69) is 10.6 Å². The standard InChI is InChI=1S/C20H28N4O7/c1-11(2)17(20(29)30)24-19(28)14(10-16(26)27)23-15(25)4-3-9-31-13-7-5-12(6-8-13)18(21)22/h5-8,11,14,17H,3-4,9-10H2,1-2H3,(H3,21,22)(H,23,25)(H,24,28)(H,26,27)(H,29,30)/t14-,17+/m0/s1. The van der Waals surface area contributed by atoms with Gasteiger partial charge in [0.25, 0.3) is 0 Å². The van der Waals surface area contributed by atoms with Gasteiger partial charge in [0.05, 0.1) is 13.0 Å². The molecule has 0 aliphatic rings. The monoisotopic (exact) mass is 436 g/mol. The van der Waals surface area contributed by atoms with Gasteiger partial charge in [0.15, 0.2) is 0 Å². The summed E-state index contributed by atoms with van der Waals surface area (Å²) in [7, 11) is 0. The lowest BCUT2D eigenvalue weighted by Gasteiger charge is -2.22. The molecule has 0 aromatic heterocycles. The molecule has 0 radical (unpaired) electrons. The molecule has 0 saturated heterocycles. The Morgan fingerprint density at radius 1 is 1.10 bits per heavy atom. The Bertz CT molecular complexity index is 808. The Kier molecular flexibility index (Phi) is 9.96. The summed E-state index contributed by atoms with van der Waals surface area (Å²) in [5, 5.41) is 30.1. The number of rotatable bonds is 13. The molecule has 31 heavy (non-hydrogen) atoms. The number of carboxylic acid groups (broad SMARTS) is 2. The smallest absolute Gasteiger partial charge is 0.326 e. The summed E-state index contributed by atoms with van der Waals surface area (Å²) in [6.07, 6.45) is -0.409. The number of nitrogens with two attached hydrogens (primary N) is 1. The molecule has 2 atom stereocenters. The third-order valence-electron chi connectivity index (χ3n) is 4.24. The molecule has 0 spiro atoms. The number of hydrogen-bond acceptors (Lipinski definition) is 6. The van der Waals surface area contributed by atoms with Gasteiger partial charge >= 0.3 is 11.9 Å². The van der Waals surface area contributed by atoms with Crippen LogP contribution in [0, 0.1) is 11.3 Å². The summed E-state index contributed by atoms with van der Waals surface area (Å²) in [4.78, 5) is 46.7. The van der Waals surface area contributed by atoms with Crippen molar-refractivity contribution in [1.82, 2.24) is 10.6 Å². The zero-order valence-corrected chi connectivity index (χ0v) is 17.4. The maximum atomic E-state index is 12.3. The van der Waals surface area contributed by atoms with E-state index >= 15 is 0 Å². The molecule has 11 heteroatoms. The minimum Gasteiger partial charge on any atom is -0.494 e. The van der Waals surface area contributed by atoms with Crippen LogP contribution < -0.4 is 21.1 Å². The quantitative estimate of drug-likeness (QED) is 0.144. The first-order chi connectivity index (χ1) is 14.5. The summed E-state index contributed by atoms with van der Waals surface area (Å²) in [5.74, 6) is -3.96. The van der Waals surface area contributed by atoms with E-state index in [4.69, 9.17) is 26.1 Å². The van der Waals surface area contributed by atoms with Gasteiger partial charge in [0, 0.05) is 12.0 Å². The largest absolute Gasteiger partial charge is 0.494 e. The number of amidine groups is 1. The maximum Gasteiger partial charge on any atom is 0.326 e. The van der Waals surface area contributed by atoms with Crippen LogP contribution in [0.15, 0.2) is 24.3 Å². The van der Waals surface area contributed by atoms with E-state index < -0.39 is 48.2 Å². The third kappa shape index (κ3) is 9.15. The third-order valence-corrected chi connectivity index (χ3v) is 4.24. The molecular formula is C20H28N4O7. The van der Waals surface area contributed by atoms with Crippen molar-refractivity contribution in [3.05, 3.63) is 29.8 Å². The first kappa shape index (κ1) is 25.4. The van der Waals surface area contributed by atoms with Gasteiger partial charge in [-0.25, -0.2) is 4.79 Å². The van der Waals surface area contributed by atoms with Crippen LogP contribution in [0.5, 0.6) is 5.75 Å². The van der Waals surface area contributed by atoms with E-state index in [9.17, 15) is 19.2 Å².